The predicted octanol–water partition coefficient (Wildman–Crippen LogP) is 1.02. The summed E-state index contributed by atoms with van der Waals surface area (Å²) in [6, 6.07) is 0. The van der Waals surface area contributed by atoms with E-state index in [-0.39, 0.29) is 0 Å². The van der Waals surface area contributed by atoms with Gasteiger partial charge < -0.3 is 5.73 Å². The van der Waals surface area contributed by atoms with E-state index >= 15 is 0 Å². The van der Waals surface area contributed by atoms with Crippen LogP contribution < -0.4 is 5.73 Å². The van der Waals surface area contributed by atoms with Crippen molar-refractivity contribution in [3.63, 3.8) is 0 Å². The average molecular weight is 219 g/mol. The van der Waals surface area contributed by atoms with Crippen molar-refractivity contribution in [2.24, 2.45) is 0 Å². The summed E-state index contributed by atoms with van der Waals surface area (Å²) in [5, 5.41) is 4.72. The minimum Gasteiger partial charge on any atom is -0.383 e. The van der Waals surface area contributed by atoms with Crippen LogP contribution in [0.15, 0.2) is 6.33 Å². The van der Waals surface area contributed by atoms with Crippen molar-refractivity contribution in [2.75, 3.05) is 5.73 Å². The third kappa shape index (κ3) is 1.62. The van der Waals surface area contributed by atoms with E-state index < -0.39 is 0 Å². The van der Waals surface area contributed by atoms with E-state index in [1.807, 2.05) is 0 Å². The molecular formula is C10H13N5O. The number of aromatic nitrogens is 4. The van der Waals surface area contributed by atoms with Gasteiger partial charge in [-0.3, -0.25) is 4.79 Å². The highest BCUT2D eigenvalue weighted by atomic mass is 16.1. The SMILES string of the molecule is CCCCn1nc(C=O)c2c(N)ncnc21. The first kappa shape index (κ1) is 10.5. The number of rotatable bonds is 4. The van der Waals surface area contributed by atoms with Gasteiger partial charge in [-0.05, 0) is 6.42 Å². The molecule has 0 atom stereocenters. The van der Waals surface area contributed by atoms with E-state index in [0.717, 1.165) is 19.4 Å². The van der Waals surface area contributed by atoms with E-state index in [9.17, 15) is 4.79 Å². The van der Waals surface area contributed by atoms with Crippen LogP contribution in [0, 0.1) is 0 Å². The molecule has 0 aliphatic rings. The van der Waals surface area contributed by atoms with Gasteiger partial charge in [0.25, 0.3) is 0 Å². The lowest BCUT2D eigenvalue weighted by Gasteiger charge is -2.00. The first-order valence-electron chi connectivity index (χ1n) is 5.20. The summed E-state index contributed by atoms with van der Waals surface area (Å²) >= 11 is 0. The molecule has 0 amide bonds. The van der Waals surface area contributed by atoms with Crippen LogP contribution in [0.5, 0.6) is 0 Å². The molecule has 2 rings (SSSR count). The smallest absolute Gasteiger partial charge is 0.171 e. The van der Waals surface area contributed by atoms with Crippen LogP contribution in [0.1, 0.15) is 30.3 Å². The normalized spacial score (nSPS) is 10.8. The number of hydrogen-bond donors (Lipinski definition) is 1. The summed E-state index contributed by atoms with van der Waals surface area (Å²) in [6.45, 7) is 2.83. The number of nitrogen functional groups attached to an aromatic ring is 1. The van der Waals surface area contributed by atoms with Gasteiger partial charge in [-0.2, -0.15) is 5.10 Å². The molecule has 0 spiro atoms. The molecule has 0 aliphatic heterocycles. The fourth-order valence-electron chi connectivity index (χ4n) is 1.60. The first-order valence-corrected chi connectivity index (χ1v) is 5.20. The molecule has 2 aromatic heterocycles. The molecule has 0 saturated heterocycles. The lowest BCUT2D eigenvalue weighted by Crippen LogP contribution is -2.01. The summed E-state index contributed by atoms with van der Waals surface area (Å²) < 4.78 is 1.71. The molecule has 6 heteroatoms. The van der Waals surface area contributed by atoms with Gasteiger partial charge in [0, 0.05) is 6.54 Å². The second kappa shape index (κ2) is 4.26. The highest BCUT2D eigenvalue weighted by molar-refractivity contribution is 5.99. The quantitative estimate of drug-likeness (QED) is 0.776. The zero-order chi connectivity index (χ0) is 11.5. The largest absolute Gasteiger partial charge is 0.383 e. The van der Waals surface area contributed by atoms with Gasteiger partial charge in [-0.15, -0.1) is 0 Å². The van der Waals surface area contributed by atoms with Crippen LogP contribution in [0.25, 0.3) is 11.0 Å². The van der Waals surface area contributed by atoms with Crippen molar-refractivity contribution in [1.29, 1.82) is 0 Å². The molecule has 0 radical (unpaired) electrons. The van der Waals surface area contributed by atoms with Crippen LogP contribution in [0.4, 0.5) is 5.82 Å². The third-order valence-electron chi connectivity index (χ3n) is 2.42. The Morgan fingerprint density at radius 1 is 1.50 bits per heavy atom. The predicted molar refractivity (Wildman–Crippen MR) is 60.0 cm³/mol. The lowest BCUT2D eigenvalue weighted by molar-refractivity contribution is 0.111. The molecule has 16 heavy (non-hydrogen) atoms. The van der Waals surface area contributed by atoms with Gasteiger partial charge in [-0.1, -0.05) is 13.3 Å². The maximum absolute atomic E-state index is 10.9. The second-order valence-electron chi connectivity index (χ2n) is 3.54. The minimum atomic E-state index is 0.301. The first-order chi connectivity index (χ1) is 7.77. The van der Waals surface area contributed by atoms with Crippen molar-refractivity contribution in [3.05, 3.63) is 12.0 Å². The van der Waals surface area contributed by atoms with Crippen molar-refractivity contribution in [1.82, 2.24) is 19.7 Å². The molecule has 0 unspecified atom stereocenters. The maximum Gasteiger partial charge on any atom is 0.171 e. The van der Waals surface area contributed by atoms with Gasteiger partial charge in [0.2, 0.25) is 0 Å². The Bertz CT molecular complexity index is 519. The Balaban J connectivity index is 2.59. The number of aldehydes is 1. The van der Waals surface area contributed by atoms with Crippen LogP contribution in [-0.2, 0) is 6.54 Å². The topological polar surface area (TPSA) is 86.7 Å². The van der Waals surface area contributed by atoms with E-state index in [0.29, 0.717) is 28.8 Å². The number of nitrogens with zero attached hydrogens (tertiary/aromatic N) is 4. The number of anilines is 1. The molecule has 2 N–H and O–H groups in total. The third-order valence-corrected chi connectivity index (χ3v) is 2.42. The Morgan fingerprint density at radius 3 is 3.00 bits per heavy atom. The minimum absolute atomic E-state index is 0.301. The van der Waals surface area contributed by atoms with E-state index in [2.05, 4.69) is 22.0 Å². The molecule has 0 aliphatic carbocycles. The fourth-order valence-corrected chi connectivity index (χ4v) is 1.60. The fraction of sp³-hybridized carbons (Fsp3) is 0.400. The van der Waals surface area contributed by atoms with Gasteiger partial charge in [0.05, 0.1) is 5.39 Å². The maximum atomic E-state index is 10.9. The molecular weight excluding hydrogens is 206 g/mol. The van der Waals surface area contributed by atoms with Crippen LogP contribution in [0.2, 0.25) is 0 Å². The van der Waals surface area contributed by atoms with Gasteiger partial charge in [0.1, 0.15) is 17.8 Å². The van der Waals surface area contributed by atoms with Gasteiger partial charge >= 0.3 is 0 Å². The second-order valence-corrected chi connectivity index (χ2v) is 3.54. The lowest BCUT2D eigenvalue weighted by atomic mass is 10.3. The van der Waals surface area contributed by atoms with E-state index in [1.54, 1.807) is 4.68 Å². The zero-order valence-electron chi connectivity index (χ0n) is 9.05. The number of nitrogens with two attached hydrogens (primary N) is 1. The Kier molecular flexibility index (Phi) is 2.80. The molecule has 2 heterocycles. The highest BCUT2D eigenvalue weighted by Gasteiger charge is 2.13. The van der Waals surface area contributed by atoms with Gasteiger partial charge in [0.15, 0.2) is 11.9 Å². The molecule has 0 fully saturated rings. The van der Waals surface area contributed by atoms with Crippen LogP contribution in [0.3, 0.4) is 0 Å². The summed E-state index contributed by atoms with van der Waals surface area (Å²) in [7, 11) is 0. The standard InChI is InChI=1S/C10H13N5O/c1-2-3-4-15-10-8(7(5-16)14-15)9(11)12-6-13-10/h5-6H,2-4H2,1H3,(H2,11,12,13). The Morgan fingerprint density at radius 2 is 2.31 bits per heavy atom. The van der Waals surface area contributed by atoms with Gasteiger partial charge in [-0.25, -0.2) is 14.6 Å². The molecule has 84 valence electrons. The van der Waals surface area contributed by atoms with Crippen molar-refractivity contribution < 1.29 is 4.79 Å². The number of unbranched alkanes of at least 4 members (excludes halogenated alkanes) is 1. The van der Waals surface area contributed by atoms with E-state index in [4.69, 9.17) is 5.73 Å². The molecule has 0 aromatic carbocycles. The van der Waals surface area contributed by atoms with Crippen molar-refractivity contribution in [3.8, 4) is 0 Å². The average Bonchev–Trinajstić information content (AvgIpc) is 2.66. The molecule has 6 nitrogen and oxygen atoms in total. The summed E-state index contributed by atoms with van der Waals surface area (Å²) in [5.74, 6) is 0.301. The summed E-state index contributed by atoms with van der Waals surface area (Å²) in [5.41, 5.74) is 6.65. The van der Waals surface area contributed by atoms with Crippen molar-refractivity contribution >= 4 is 23.1 Å². The summed E-state index contributed by atoms with van der Waals surface area (Å²) in [4.78, 5) is 18.9. The monoisotopic (exact) mass is 219 g/mol. The summed E-state index contributed by atoms with van der Waals surface area (Å²) in [6.07, 6.45) is 4.11. The Hall–Kier alpha value is -1.98. The molecule has 0 bridgehead atoms. The number of aryl methyl sites for hydroxylation is 1. The van der Waals surface area contributed by atoms with Crippen LogP contribution >= 0.6 is 0 Å². The number of carbonyl (C=O) groups excluding carboxylic acids is 1. The number of fused-ring (bicyclic) bond motifs is 1. The highest BCUT2D eigenvalue weighted by Crippen LogP contribution is 2.19. The van der Waals surface area contributed by atoms with Crippen LogP contribution in [-0.4, -0.2) is 26.0 Å². The number of carbonyl (C=O) groups is 1. The van der Waals surface area contributed by atoms with E-state index in [1.165, 1.54) is 6.33 Å². The number of hydrogen-bond acceptors (Lipinski definition) is 5. The Labute approximate surface area is 92.5 Å². The molecule has 2 aromatic rings. The molecule has 0 saturated carbocycles. The van der Waals surface area contributed by atoms with Crippen molar-refractivity contribution in [2.45, 2.75) is 26.3 Å². The zero-order valence-corrected chi connectivity index (χ0v) is 9.05.